The number of rotatable bonds is 8. The fourth-order valence-corrected chi connectivity index (χ4v) is 4.39. The van der Waals surface area contributed by atoms with Crippen LogP contribution in [0.25, 0.3) is 0 Å². The van der Waals surface area contributed by atoms with Crippen LogP contribution in [-0.4, -0.2) is 32.1 Å². The molecule has 1 aromatic heterocycles. The average molecular weight is 463 g/mol. The summed E-state index contributed by atoms with van der Waals surface area (Å²) in [4.78, 5) is 29.0. The van der Waals surface area contributed by atoms with E-state index in [1.165, 1.54) is 18.3 Å². The third kappa shape index (κ3) is 4.93. The predicted molar refractivity (Wildman–Crippen MR) is 129 cm³/mol. The summed E-state index contributed by atoms with van der Waals surface area (Å²) in [6, 6.07) is 15.3. The molecule has 0 bridgehead atoms. The lowest BCUT2D eigenvalue weighted by atomic mass is 10.0. The topological polar surface area (TPSA) is 81.0 Å². The van der Waals surface area contributed by atoms with Crippen molar-refractivity contribution in [3.63, 3.8) is 0 Å². The molecule has 7 heteroatoms. The molecule has 1 unspecified atom stereocenters. The molecule has 0 saturated heterocycles. The highest BCUT2D eigenvalue weighted by Gasteiger charge is 2.36. The molecule has 4 rings (SSSR count). The van der Waals surface area contributed by atoms with Crippen LogP contribution in [0.4, 0.5) is 5.69 Å². The number of nitrogens with zero attached hydrogens (tertiary/aromatic N) is 1. The number of methoxy groups -OCH3 is 2. The van der Waals surface area contributed by atoms with E-state index in [0.717, 1.165) is 31.2 Å². The second kappa shape index (κ2) is 10.5. The SMILES string of the molecule is COc1ccc(N(C(=O)c2ccco2)C(C(=O)NC2CCCC2)c2ccc(C)cc2)cc1OC. The van der Waals surface area contributed by atoms with E-state index in [-0.39, 0.29) is 17.7 Å². The van der Waals surface area contributed by atoms with Gasteiger partial charge >= 0.3 is 0 Å². The Balaban J connectivity index is 1.84. The molecule has 3 aromatic rings. The number of carbonyl (C=O) groups excluding carboxylic acids is 2. The first-order chi connectivity index (χ1) is 16.5. The zero-order valence-electron chi connectivity index (χ0n) is 19.7. The lowest BCUT2D eigenvalue weighted by Gasteiger charge is -2.32. The van der Waals surface area contributed by atoms with Gasteiger partial charge in [0.15, 0.2) is 17.3 Å². The van der Waals surface area contributed by atoms with Crippen molar-refractivity contribution in [3.8, 4) is 11.5 Å². The molecule has 1 N–H and O–H groups in total. The summed E-state index contributed by atoms with van der Waals surface area (Å²) < 4.78 is 16.3. The van der Waals surface area contributed by atoms with Gasteiger partial charge < -0.3 is 19.2 Å². The molecule has 7 nitrogen and oxygen atoms in total. The van der Waals surface area contributed by atoms with Gasteiger partial charge in [-0.1, -0.05) is 42.7 Å². The zero-order chi connectivity index (χ0) is 24.1. The Bertz CT molecular complexity index is 1120. The number of anilines is 1. The van der Waals surface area contributed by atoms with Crippen LogP contribution in [-0.2, 0) is 4.79 Å². The fourth-order valence-electron chi connectivity index (χ4n) is 4.39. The van der Waals surface area contributed by atoms with Crippen LogP contribution in [0.1, 0.15) is 53.4 Å². The second-order valence-electron chi connectivity index (χ2n) is 8.49. The number of furan rings is 1. The van der Waals surface area contributed by atoms with Crippen molar-refractivity contribution >= 4 is 17.5 Å². The molecule has 178 valence electrons. The van der Waals surface area contributed by atoms with Crippen molar-refractivity contribution in [1.82, 2.24) is 5.32 Å². The minimum absolute atomic E-state index is 0.103. The van der Waals surface area contributed by atoms with Crippen molar-refractivity contribution in [2.45, 2.75) is 44.7 Å². The molecule has 0 radical (unpaired) electrons. The molecule has 0 aliphatic heterocycles. The summed E-state index contributed by atoms with van der Waals surface area (Å²) in [6.07, 6.45) is 5.50. The van der Waals surface area contributed by atoms with E-state index in [2.05, 4.69) is 5.32 Å². The standard InChI is InChI=1S/C27H30N2O5/c1-18-10-12-19(13-11-18)25(26(30)28-20-7-4-5-8-20)29(27(31)23-9-6-16-34-23)21-14-15-22(32-2)24(17-21)33-3/h6,9-17,20,25H,4-5,7-8H2,1-3H3,(H,28,30). The van der Waals surface area contributed by atoms with E-state index in [4.69, 9.17) is 13.9 Å². The zero-order valence-corrected chi connectivity index (χ0v) is 19.7. The molecule has 1 atom stereocenters. The number of carbonyl (C=O) groups is 2. The van der Waals surface area contributed by atoms with Crippen molar-refractivity contribution in [1.29, 1.82) is 0 Å². The number of benzene rings is 2. The van der Waals surface area contributed by atoms with Crippen LogP contribution in [0.15, 0.2) is 65.3 Å². The maximum atomic E-state index is 13.8. The van der Waals surface area contributed by atoms with Gasteiger partial charge in [-0.3, -0.25) is 14.5 Å². The molecule has 2 aromatic carbocycles. The van der Waals surface area contributed by atoms with Crippen LogP contribution in [0, 0.1) is 6.92 Å². The highest BCUT2D eigenvalue weighted by Crippen LogP contribution is 2.36. The first kappa shape index (κ1) is 23.4. The van der Waals surface area contributed by atoms with Crippen molar-refractivity contribution in [2.24, 2.45) is 0 Å². The molecular formula is C27H30N2O5. The predicted octanol–water partition coefficient (Wildman–Crippen LogP) is 5.05. The van der Waals surface area contributed by atoms with E-state index >= 15 is 0 Å². The first-order valence-electron chi connectivity index (χ1n) is 11.5. The van der Waals surface area contributed by atoms with E-state index in [1.54, 1.807) is 37.4 Å². The Kier molecular flexibility index (Phi) is 7.21. The van der Waals surface area contributed by atoms with Crippen LogP contribution in [0.2, 0.25) is 0 Å². The summed E-state index contributed by atoms with van der Waals surface area (Å²) in [5, 5.41) is 3.17. The smallest absolute Gasteiger partial charge is 0.294 e. The third-order valence-corrected chi connectivity index (χ3v) is 6.20. The molecule has 1 heterocycles. The minimum atomic E-state index is -0.906. The second-order valence-corrected chi connectivity index (χ2v) is 8.49. The van der Waals surface area contributed by atoms with E-state index < -0.39 is 11.9 Å². The van der Waals surface area contributed by atoms with Gasteiger partial charge in [0.1, 0.15) is 6.04 Å². The Morgan fingerprint density at radius 1 is 1.00 bits per heavy atom. The largest absolute Gasteiger partial charge is 0.493 e. The van der Waals surface area contributed by atoms with Gasteiger partial charge in [0, 0.05) is 17.8 Å². The van der Waals surface area contributed by atoms with Gasteiger partial charge in [0.2, 0.25) is 5.91 Å². The molecule has 1 fully saturated rings. The van der Waals surface area contributed by atoms with Crippen LogP contribution < -0.4 is 19.7 Å². The molecule has 2 amide bonds. The Hall–Kier alpha value is -3.74. The first-order valence-corrected chi connectivity index (χ1v) is 11.5. The summed E-state index contributed by atoms with van der Waals surface area (Å²) >= 11 is 0. The van der Waals surface area contributed by atoms with Crippen molar-refractivity contribution in [3.05, 3.63) is 77.7 Å². The Morgan fingerprint density at radius 3 is 2.32 bits per heavy atom. The normalized spacial score (nSPS) is 14.4. The minimum Gasteiger partial charge on any atom is -0.493 e. The highest BCUT2D eigenvalue weighted by molar-refractivity contribution is 6.08. The van der Waals surface area contributed by atoms with Gasteiger partial charge in [0.05, 0.1) is 20.5 Å². The number of ether oxygens (including phenoxy) is 2. The summed E-state index contributed by atoms with van der Waals surface area (Å²) in [7, 11) is 3.08. The van der Waals surface area contributed by atoms with Crippen molar-refractivity contribution < 1.29 is 23.5 Å². The fraction of sp³-hybridized carbons (Fsp3) is 0.333. The van der Waals surface area contributed by atoms with Crippen LogP contribution >= 0.6 is 0 Å². The number of aryl methyl sites for hydroxylation is 1. The van der Waals surface area contributed by atoms with Gasteiger partial charge in [-0.25, -0.2) is 0 Å². The van der Waals surface area contributed by atoms with Gasteiger partial charge in [-0.15, -0.1) is 0 Å². The molecule has 34 heavy (non-hydrogen) atoms. The maximum Gasteiger partial charge on any atom is 0.294 e. The Morgan fingerprint density at radius 2 is 1.71 bits per heavy atom. The quantitative estimate of drug-likeness (QED) is 0.507. The van der Waals surface area contributed by atoms with E-state index in [9.17, 15) is 9.59 Å². The maximum absolute atomic E-state index is 13.8. The molecular weight excluding hydrogens is 432 g/mol. The van der Waals surface area contributed by atoms with Gasteiger partial charge in [0.25, 0.3) is 5.91 Å². The van der Waals surface area contributed by atoms with Crippen LogP contribution in [0.5, 0.6) is 11.5 Å². The van der Waals surface area contributed by atoms with E-state index in [1.807, 2.05) is 31.2 Å². The molecule has 1 aliphatic rings. The van der Waals surface area contributed by atoms with Crippen molar-refractivity contribution in [2.75, 3.05) is 19.1 Å². The monoisotopic (exact) mass is 462 g/mol. The van der Waals surface area contributed by atoms with Crippen LogP contribution in [0.3, 0.4) is 0 Å². The summed E-state index contributed by atoms with van der Waals surface area (Å²) in [5.74, 6) is 0.463. The lowest BCUT2D eigenvalue weighted by Crippen LogP contribution is -2.46. The number of hydrogen-bond acceptors (Lipinski definition) is 5. The summed E-state index contributed by atoms with van der Waals surface area (Å²) in [6.45, 7) is 1.98. The average Bonchev–Trinajstić information content (AvgIpc) is 3.57. The van der Waals surface area contributed by atoms with Gasteiger partial charge in [-0.2, -0.15) is 0 Å². The number of hydrogen-bond donors (Lipinski definition) is 1. The molecule has 0 spiro atoms. The highest BCUT2D eigenvalue weighted by atomic mass is 16.5. The number of nitrogens with one attached hydrogen (secondary N) is 1. The molecule has 1 aliphatic carbocycles. The number of amides is 2. The van der Waals surface area contributed by atoms with Gasteiger partial charge in [-0.05, 0) is 49.6 Å². The Labute approximate surface area is 199 Å². The van der Waals surface area contributed by atoms with E-state index in [0.29, 0.717) is 22.7 Å². The molecule has 1 saturated carbocycles. The lowest BCUT2D eigenvalue weighted by molar-refractivity contribution is -0.123. The third-order valence-electron chi connectivity index (χ3n) is 6.20. The summed E-state index contributed by atoms with van der Waals surface area (Å²) in [5.41, 5.74) is 2.26.